The minimum Gasteiger partial charge on any atom is -0.396 e. The van der Waals surface area contributed by atoms with Crippen molar-refractivity contribution < 1.29 is 5.11 Å². The number of aliphatic hydroxyl groups excluding tert-OH is 1. The van der Waals surface area contributed by atoms with Gasteiger partial charge in [0, 0.05) is 31.1 Å². The predicted molar refractivity (Wildman–Crippen MR) is 188 cm³/mol. The number of nitrogens with zero attached hydrogens (tertiary/aromatic N) is 6. The minimum absolute atomic E-state index is 0. The standard InChI is InChI=1S/C13H22N2.C12H20N2O.C12H20N2.CH4/c1-4-11-6-5-7-13(11)15-9-12(8-14-15)10(2)3;1-9(2)11-6-13-14(7-11)12-5-3-4-10(12)8-15;1-9(2)11-7-13-14(8-11)12-6-4-5-10(12)3;/h8-11,13H,4-7H2,1-3H3;6-7,9-10,12,15H,3-5,8H2,1-2H3;7-10,12H,4-6H2,1-3H3;1H4. The molecule has 0 aromatic carbocycles. The van der Waals surface area contributed by atoms with Crippen molar-refractivity contribution in [1.29, 1.82) is 0 Å². The van der Waals surface area contributed by atoms with Crippen LogP contribution >= 0.6 is 0 Å². The normalized spacial score (nSPS) is 26.1. The molecule has 3 aromatic heterocycles. The van der Waals surface area contributed by atoms with Gasteiger partial charge in [0.1, 0.15) is 0 Å². The molecule has 0 radical (unpaired) electrons. The molecule has 3 heterocycles. The zero-order valence-corrected chi connectivity index (χ0v) is 29.1. The quantitative estimate of drug-likeness (QED) is 0.271. The van der Waals surface area contributed by atoms with E-state index in [0.29, 0.717) is 48.4 Å². The third kappa shape index (κ3) is 9.56. The summed E-state index contributed by atoms with van der Waals surface area (Å²) in [6.45, 7) is 18.2. The van der Waals surface area contributed by atoms with E-state index < -0.39 is 0 Å². The van der Waals surface area contributed by atoms with Crippen LogP contribution in [0.4, 0.5) is 0 Å². The second-order valence-corrected chi connectivity index (χ2v) is 14.8. The Bertz CT molecular complexity index is 1170. The summed E-state index contributed by atoms with van der Waals surface area (Å²) in [4.78, 5) is 0. The Kier molecular flexibility index (Phi) is 14.4. The van der Waals surface area contributed by atoms with Crippen molar-refractivity contribution >= 4 is 0 Å². The zero-order chi connectivity index (χ0) is 31.8. The van der Waals surface area contributed by atoms with Gasteiger partial charge in [-0.15, -0.1) is 0 Å². The summed E-state index contributed by atoms with van der Waals surface area (Å²) >= 11 is 0. The van der Waals surface area contributed by atoms with E-state index in [1.54, 1.807) is 0 Å². The molecule has 3 aliphatic carbocycles. The highest BCUT2D eigenvalue weighted by Crippen LogP contribution is 2.38. The smallest absolute Gasteiger partial charge is 0.0569 e. The van der Waals surface area contributed by atoms with E-state index in [0.717, 1.165) is 24.7 Å². The minimum atomic E-state index is 0. The molecule has 7 nitrogen and oxygen atoms in total. The Morgan fingerprint density at radius 2 is 1.00 bits per heavy atom. The van der Waals surface area contributed by atoms with Gasteiger partial charge in [-0.25, -0.2) is 0 Å². The molecule has 45 heavy (non-hydrogen) atoms. The average Bonchev–Trinajstić information content (AvgIpc) is 3.83. The molecule has 6 rings (SSSR count). The van der Waals surface area contributed by atoms with Crippen LogP contribution in [0.15, 0.2) is 37.2 Å². The van der Waals surface area contributed by atoms with Crippen molar-refractivity contribution in [2.45, 2.75) is 163 Å². The summed E-state index contributed by atoms with van der Waals surface area (Å²) in [5.74, 6) is 3.79. The zero-order valence-electron chi connectivity index (χ0n) is 29.1. The first-order chi connectivity index (χ1) is 21.1. The lowest BCUT2D eigenvalue weighted by molar-refractivity contribution is 0.190. The van der Waals surface area contributed by atoms with Crippen molar-refractivity contribution in [2.24, 2.45) is 17.8 Å². The van der Waals surface area contributed by atoms with Crippen LogP contribution in [0, 0.1) is 17.8 Å². The molecule has 0 amide bonds. The Hall–Kier alpha value is -2.41. The van der Waals surface area contributed by atoms with E-state index in [4.69, 9.17) is 0 Å². The Morgan fingerprint density at radius 3 is 1.36 bits per heavy atom. The molecule has 3 aliphatic rings. The third-order valence-corrected chi connectivity index (χ3v) is 10.7. The first-order valence-corrected chi connectivity index (χ1v) is 17.9. The van der Waals surface area contributed by atoms with Crippen molar-refractivity contribution in [3.05, 3.63) is 53.9 Å². The molecule has 3 fully saturated rings. The van der Waals surface area contributed by atoms with E-state index >= 15 is 0 Å². The summed E-state index contributed by atoms with van der Waals surface area (Å²) < 4.78 is 6.46. The topological polar surface area (TPSA) is 73.7 Å². The lowest BCUT2D eigenvalue weighted by atomic mass is 10.0. The van der Waals surface area contributed by atoms with Crippen LogP contribution < -0.4 is 0 Å². The molecule has 7 heteroatoms. The van der Waals surface area contributed by atoms with Gasteiger partial charge >= 0.3 is 0 Å². The van der Waals surface area contributed by atoms with Gasteiger partial charge in [0.15, 0.2) is 0 Å². The molecule has 0 aliphatic heterocycles. The van der Waals surface area contributed by atoms with Gasteiger partial charge in [-0.2, -0.15) is 15.3 Å². The van der Waals surface area contributed by atoms with Crippen molar-refractivity contribution in [1.82, 2.24) is 29.3 Å². The van der Waals surface area contributed by atoms with Gasteiger partial charge < -0.3 is 5.11 Å². The largest absolute Gasteiger partial charge is 0.396 e. The average molecular weight is 623 g/mol. The lowest BCUT2D eigenvalue weighted by Crippen LogP contribution is -2.17. The van der Waals surface area contributed by atoms with Crippen LogP contribution in [0.3, 0.4) is 0 Å². The Labute approximate surface area is 275 Å². The van der Waals surface area contributed by atoms with Crippen molar-refractivity contribution in [3.63, 3.8) is 0 Å². The van der Waals surface area contributed by atoms with Gasteiger partial charge in [-0.05, 0) is 84.8 Å². The summed E-state index contributed by atoms with van der Waals surface area (Å²) in [5.41, 5.74) is 4.03. The molecule has 6 atom stereocenters. The number of hydrogen-bond donors (Lipinski definition) is 1. The van der Waals surface area contributed by atoms with Crippen LogP contribution in [-0.4, -0.2) is 41.1 Å². The van der Waals surface area contributed by atoms with Crippen LogP contribution in [0.1, 0.15) is 180 Å². The van der Waals surface area contributed by atoms with Crippen molar-refractivity contribution in [2.75, 3.05) is 6.61 Å². The molecule has 1 N–H and O–H groups in total. The lowest BCUT2D eigenvalue weighted by Gasteiger charge is -2.18. The maximum Gasteiger partial charge on any atom is 0.0569 e. The molecule has 3 aromatic rings. The summed E-state index contributed by atoms with van der Waals surface area (Å²) in [7, 11) is 0. The van der Waals surface area contributed by atoms with Crippen LogP contribution in [0.2, 0.25) is 0 Å². The van der Waals surface area contributed by atoms with Crippen LogP contribution in [-0.2, 0) is 0 Å². The highest BCUT2D eigenvalue weighted by Gasteiger charge is 2.29. The molecule has 0 saturated heterocycles. The van der Waals surface area contributed by atoms with Crippen LogP contribution in [0.25, 0.3) is 0 Å². The SMILES string of the molecule is C.CC(C)c1cnn(C2CCCC2C)c1.CC(C)c1cnn(C2CCCC2CO)c1.CCC1CCCC1n1cc(C(C)C)cn1. The van der Waals surface area contributed by atoms with E-state index in [-0.39, 0.29) is 7.43 Å². The molecule has 254 valence electrons. The number of aliphatic hydroxyl groups is 1. The fourth-order valence-corrected chi connectivity index (χ4v) is 7.44. The molecule has 0 bridgehead atoms. The Morgan fingerprint density at radius 1 is 0.622 bits per heavy atom. The van der Waals surface area contributed by atoms with Gasteiger partial charge in [0.25, 0.3) is 0 Å². The number of aromatic nitrogens is 6. The molecule has 3 saturated carbocycles. The third-order valence-electron chi connectivity index (χ3n) is 10.7. The van der Waals surface area contributed by atoms with Gasteiger partial charge in [0.05, 0.1) is 36.7 Å². The van der Waals surface area contributed by atoms with Gasteiger partial charge in [-0.1, -0.05) is 88.5 Å². The monoisotopic (exact) mass is 623 g/mol. The fourth-order valence-electron chi connectivity index (χ4n) is 7.44. The summed E-state index contributed by atoms with van der Waals surface area (Å²) in [6, 6.07) is 1.74. The molecule has 6 unspecified atom stereocenters. The van der Waals surface area contributed by atoms with E-state index in [1.807, 2.05) is 18.6 Å². The van der Waals surface area contributed by atoms with E-state index in [1.165, 1.54) is 68.1 Å². The number of hydrogen-bond acceptors (Lipinski definition) is 4. The molecular formula is C38H66N6O. The first kappa shape index (κ1) is 37.1. The van der Waals surface area contributed by atoms with Crippen molar-refractivity contribution in [3.8, 4) is 0 Å². The molecular weight excluding hydrogens is 556 g/mol. The Balaban J connectivity index is 0.000000182. The summed E-state index contributed by atoms with van der Waals surface area (Å²) in [6.07, 6.45) is 25.6. The highest BCUT2D eigenvalue weighted by atomic mass is 16.3. The van der Waals surface area contributed by atoms with E-state index in [9.17, 15) is 5.11 Å². The maximum atomic E-state index is 9.27. The fraction of sp³-hybridized carbons (Fsp3) is 0.763. The van der Waals surface area contributed by atoms with Gasteiger partial charge in [0.2, 0.25) is 0 Å². The van der Waals surface area contributed by atoms with Crippen LogP contribution in [0.5, 0.6) is 0 Å². The van der Waals surface area contributed by atoms with Gasteiger partial charge in [-0.3, -0.25) is 14.0 Å². The van der Waals surface area contributed by atoms with E-state index in [2.05, 4.69) is 103 Å². The maximum absolute atomic E-state index is 9.27. The second kappa shape index (κ2) is 17.5. The second-order valence-electron chi connectivity index (χ2n) is 14.8. The number of rotatable bonds is 8. The summed E-state index contributed by atoms with van der Waals surface area (Å²) in [5, 5.41) is 22.7. The molecule has 0 spiro atoms. The highest BCUT2D eigenvalue weighted by molar-refractivity contribution is 5.11. The predicted octanol–water partition coefficient (Wildman–Crippen LogP) is 10.1. The first-order valence-electron chi connectivity index (χ1n) is 17.9.